The molecule has 0 saturated carbocycles. The van der Waals surface area contributed by atoms with E-state index in [-0.39, 0.29) is 17.3 Å². The summed E-state index contributed by atoms with van der Waals surface area (Å²) in [5.41, 5.74) is 2.89. The first kappa shape index (κ1) is 21.6. The van der Waals surface area contributed by atoms with Gasteiger partial charge in [-0.3, -0.25) is 9.10 Å². The Balaban J connectivity index is 1.65. The molecule has 0 bridgehead atoms. The van der Waals surface area contributed by atoms with Gasteiger partial charge >= 0.3 is 0 Å². The largest absolute Gasteiger partial charge is 0.355 e. The van der Waals surface area contributed by atoms with Crippen LogP contribution in [0.5, 0.6) is 0 Å². The standard InChI is InChI=1S/C24H26N2O3S/c1-20-10-8-11-21(18-20)12-9-17-25-24(27)19-26(22-13-4-2-5-14-22)30(28,29)23-15-6-3-7-16-23/h2-8,10-11,13-16,18H,9,12,17,19H2,1H3,(H,25,27). The van der Waals surface area contributed by atoms with E-state index in [1.165, 1.54) is 23.3 Å². The first-order valence-electron chi connectivity index (χ1n) is 9.92. The summed E-state index contributed by atoms with van der Waals surface area (Å²) in [6.07, 6.45) is 1.64. The lowest BCUT2D eigenvalue weighted by atomic mass is 10.1. The third-order valence-electron chi connectivity index (χ3n) is 4.71. The number of nitrogens with zero attached hydrogens (tertiary/aromatic N) is 1. The first-order chi connectivity index (χ1) is 14.5. The fourth-order valence-corrected chi connectivity index (χ4v) is 4.65. The summed E-state index contributed by atoms with van der Waals surface area (Å²) in [7, 11) is -3.86. The molecule has 0 aliphatic carbocycles. The second kappa shape index (κ2) is 10.1. The van der Waals surface area contributed by atoms with Gasteiger partial charge in [-0.2, -0.15) is 0 Å². The first-order valence-corrected chi connectivity index (χ1v) is 11.4. The predicted octanol–water partition coefficient (Wildman–Crippen LogP) is 3.94. The average Bonchev–Trinajstić information content (AvgIpc) is 2.76. The van der Waals surface area contributed by atoms with E-state index >= 15 is 0 Å². The molecule has 0 saturated heterocycles. The van der Waals surface area contributed by atoms with Gasteiger partial charge in [0.2, 0.25) is 5.91 Å². The summed E-state index contributed by atoms with van der Waals surface area (Å²) >= 11 is 0. The van der Waals surface area contributed by atoms with Crippen molar-refractivity contribution in [3.8, 4) is 0 Å². The Hall–Kier alpha value is -3.12. The van der Waals surface area contributed by atoms with E-state index in [1.807, 2.05) is 12.1 Å². The maximum atomic E-state index is 13.2. The number of carbonyl (C=O) groups excluding carboxylic acids is 1. The quantitative estimate of drug-likeness (QED) is 0.531. The molecule has 156 valence electrons. The maximum absolute atomic E-state index is 13.2. The van der Waals surface area contributed by atoms with E-state index in [9.17, 15) is 13.2 Å². The Morgan fingerprint density at radius 1 is 0.900 bits per heavy atom. The van der Waals surface area contributed by atoms with Gasteiger partial charge in [0.1, 0.15) is 6.54 Å². The average molecular weight is 423 g/mol. The highest BCUT2D eigenvalue weighted by atomic mass is 32.2. The lowest BCUT2D eigenvalue weighted by molar-refractivity contribution is -0.119. The third-order valence-corrected chi connectivity index (χ3v) is 6.50. The van der Waals surface area contributed by atoms with Crippen LogP contribution in [0.1, 0.15) is 17.5 Å². The highest BCUT2D eigenvalue weighted by molar-refractivity contribution is 7.92. The zero-order valence-electron chi connectivity index (χ0n) is 17.0. The highest BCUT2D eigenvalue weighted by Gasteiger charge is 2.26. The fourth-order valence-electron chi connectivity index (χ4n) is 3.20. The molecule has 3 aromatic rings. The van der Waals surface area contributed by atoms with Crippen LogP contribution in [0.25, 0.3) is 0 Å². The van der Waals surface area contributed by atoms with E-state index in [1.54, 1.807) is 42.5 Å². The lowest BCUT2D eigenvalue weighted by Gasteiger charge is -2.24. The molecule has 0 fully saturated rings. The van der Waals surface area contributed by atoms with Crippen LogP contribution in [-0.2, 0) is 21.2 Å². The molecular formula is C24H26N2O3S. The highest BCUT2D eigenvalue weighted by Crippen LogP contribution is 2.23. The number of benzene rings is 3. The molecule has 0 atom stereocenters. The number of sulfonamides is 1. The van der Waals surface area contributed by atoms with E-state index in [2.05, 4.69) is 30.4 Å². The van der Waals surface area contributed by atoms with Crippen molar-refractivity contribution in [3.05, 3.63) is 96.1 Å². The van der Waals surface area contributed by atoms with Gasteiger partial charge in [-0.25, -0.2) is 8.42 Å². The van der Waals surface area contributed by atoms with Gasteiger partial charge in [0.25, 0.3) is 10.0 Å². The van der Waals surface area contributed by atoms with Crippen molar-refractivity contribution in [1.29, 1.82) is 0 Å². The van der Waals surface area contributed by atoms with Gasteiger partial charge in [-0.05, 0) is 49.6 Å². The number of rotatable bonds is 9. The molecule has 1 N–H and O–H groups in total. The summed E-state index contributed by atoms with van der Waals surface area (Å²) in [6.45, 7) is 2.27. The number of anilines is 1. The Morgan fingerprint density at radius 3 is 2.23 bits per heavy atom. The number of carbonyl (C=O) groups is 1. The number of hydrogen-bond acceptors (Lipinski definition) is 3. The van der Waals surface area contributed by atoms with E-state index in [0.29, 0.717) is 12.2 Å². The van der Waals surface area contributed by atoms with Crippen LogP contribution in [0.2, 0.25) is 0 Å². The smallest absolute Gasteiger partial charge is 0.264 e. The summed E-state index contributed by atoms with van der Waals surface area (Å²) in [4.78, 5) is 12.7. The van der Waals surface area contributed by atoms with Gasteiger partial charge in [0.15, 0.2) is 0 Å². The Morgan fingerprint density at radius 2 is 1.57 bits per heavy atom. The topological polar surface area (TPSA) is 66.5 Å². The van der Waals surface area contributed by atoms with Crippen LogP contribution in [0, 0.1) is 6.92 Å². The minimum absolute atomic E-state index is 0.154. The van der Waals surface area contributed by atoms with Crippen molar-refractivity contribution in [2.24, 2.45) is 0 Å². The molecule has 5 nitrogen and oxygen atoms in total. The van der Waals surface area contributed by atoms with Crippen LogP contribution >= 0.6 is 0 Å². The minimum Gasteiger partial charge on any atom is -0.355 e. The number of hydrogen-bond donors (Lipinski definition) is 1. The molecule has 0 aliphatic rings. The summed E-state index contributed by atoms with van der Waals surface area (Å²) in [5, 5.41) is 2.85. The second-order valence-electron chi connectivity index (χ2n) is 7.10. The van der Waals surface area contributed by atoms with Gasteiger partial charge < -0.3 is 5.32 Å². The van der Waals surface area contributed by atoms with E-state index < -0.39 is 10.0 Å². The number of aryl methyl sites for hydroxylation is 2. The zero-order valence-corrected chi connectivity index (χ0v) is 17.8. The molecule has 0 aromatic heterocycles. The normalized spacial score (nSPS) is 11.1. The van der Waals surface area contributed by atoms with Gasteiger partial charge in [-0.1, -0.05) is 66.2 Å². The fraction of sp³-hybridized carbons (Fsp3) is 0.208. The van der Waals surface area contributed by atoms with Gasteiger partial charge in [0.05, 0.1) is 10.6 Å². The van der Waals surface area contributed by atoms with Crippen LogP contribution in [0.4, 0.5) is 5.69 Å². The maximum Gasteiger partial charge on any atom is 0.264 e. The van der Waals surface area contributed by atoms with Crippen molar-refractivity contribution >= 4 is 21.6 Å². The SMILES string of the molecule is Cc1cccc(CCCNC(=O)CN(c2ccccc2)S(=O)(=O)c2ccccc2)c1. The number of amides is 1. The lowest BCUT2D eigenvalue weighted by Crippen LogP contribution is -2.41. The van der Waals surface area contributed by atoms with Crippen LogP contribution in [0.15, 0.2) is 89.8 Å². The van der Waals surface area contributed by atoms with Crippen molar-refractivity contribution in [2.45, 2.75) is 24.7 Å². The molecule has 6 heteroatoms. The molecule has 0 radical (unpaired) electrons. The molecule has 0 unspecified atom stereocenters. The van der Waals surface area contributed by atoms with Crippen molar-refractivity contribution in [3.63, 3.8) is 0 Å². The molecule has 30 heavy (non-hydrogen) atoms. The predicted molar refractivity (Wildman–Crippen MR) is 120 cm³/mol. The van der Waals surface area contributed by atoms with Crippen LogP contribution < -0.4 is 9.62 Å². The van der Waals surface area contributed by atoms with Crippen molar-refractivity contribution in [2.75, 3.05) is 17.4 Å². The molecule has 0 aliphatic heterocycles. The number of nitrogens with one attached hydrogen (secondary N) is 1. The van der Waals surface area contributed by atoms with Crippen LogP contribution in [0.3, 0.4) is 0 Å². The minimum atomic E-state index is -3.86. The van der Waals surface area contributed by atoms with Gasteiger partial charge in [0, 0.05) is 6.54 Å². The van der Waals surface area contributed by atoms with Crippen molar-refractivity contribution < 1.29 is 13.2 Å². The Labute approximate surface area is 178 Å². The molecule has 3 aromatic carbocycles. The molecular weight excluding hydrogens is 396 g/mol. The molecule has 1 amide bonds. The van der Waals surface area contributed by atoms with Crippen molar-refractivity contribution in [1.82, 2.24) is 5.32 Å². The van der Waals surface area contributed by atoms with Gasteiger partial charge in [-0.15, -0.1) is 0 Å². The van der Waals surface area contributed by atoms with E-state index in [4.69, 9.17) is 0 Å². The zero-order chi connectivity index (χ0) is 21.4. The Bertz CT molecular complexity index is 1070. The van der Waals surface area contributed by atoms with Crippen LogP contribution in [-0.4, -0.2) is 27.4 Å². The third kappa shape index (κ3) is 5.70. The number of para-hydroxylation sites is 1. The molecule has 0 spiro atoms. The summed E-state index contributed by atoms with van der Waals surface area (Å²) in [6, 6.07) is 25.1. The molecule has 0 heterocycles. The molecule has 3 rings (SSSR count). The summed E-state index contributed by atoms with van der Waals surface area (Å²) < 4.78 is 27.5. The van der Waals surface area contributed by atoms with E-state index in [0.717, 1.165) is 17.1 Å². The Kier molecular flexibility index (Phi) is 7.25. The summed E-state index contributed by atoms with van der Waals surface area (Å²) in [5.74, 6) is -0.331. The monoisotopic (exact) mass is 422 g/mol. The second-order valence-corrected chi connectivity index (χ2v) is 8.97.